The zero-order valence-electron chi connectivity index (χ0n) is 9.58. The van der Waals surface area contributed by atoms with E-state index in [2.05, 4.69) is 37.7 Å². The summed E-state index contributed by atoms with van der Waals surface area (Å²) in [6.45, 7) is 2.92. The molecule has 1 aromatic carbocycles. The van der Waals surface area contributed by atoms with Crippen LogP contribution in [-0.2, 0) is 13.1 Å². The average molecular weight is 232 g/mol. The Labute approximate surface area is 99.8 Å². The summed E-state index contributed by atoms with van der Waals surface area (Å²) < 4.78 is 0. The summed E-state index contributed by atoms with van der Waals surface area (Å²) in [6, 6.07) is 10.3. The van der Waals surface area contributed by atoms with Crippen LogP contribution in [0.1, 0.15) is 11.4 Å². The van der Waals surface area contributed by atoms with E-state index in [1.165, 1.54) is 5.56 Å². The minimum atomic E-state index is 0.616. The first kappa shape index (κ1) is 11.7. The Kier molecular flexibility index (Phi) is 4.17. The van der Waals surface area contributed by atoms with Crippen LogP contribution in [0.15, 0.2) is 30.3 Å². The van der Waals surface area contributed by atoms with Crippen molar-refractivity contribution in [3.63, 3.8) is 0 Å². The molecule has 0 radical (unpaired) electrons. The maximum atomic E-state index is 5.61. The number of benzene rings is 1. The Morgan fingerprint density at radius 3 is 2.65 bits per heavy atom. The molecule has 0 aliphatic rings. The van der Waals surface area contributed by atoms with Gasteiger partial charge in [-0.15, -0.1) is 10.2 Å². The summed E-state index contributed by atoms with van der Waals surface area (Å²) in [7, 11) is 0. The number of aromatic amines is 1. The Bertz CT molecular complexity index is 413. The lowest BCUT2D eigenvalue weighted by Gasteiger charge is -2.19. The number of hydrogen-bond donors (Lipinski definition) is 2. The molecule has 2 aromatic rings. The minimum absolute atomic E-state index is 0.616. The Morgan fingerprint density at radius 1 is 1.18 bits per heavy atom. The summed E-state index contributed by atoms with van der Waals surface area (Å²) in [6.07, 6.45) is 0. The summed E-state index contributed by atoms with van der Waals surface area (Å²) in [5, 5.41) is 13.9. The first-order valence-corrected chi connectivity index (χ1v) is 5.57. The average Bonchev–Trinajstić information content (AvgIpc) is 2.83. The number of hydrogen-bond acceptors (Lipinski definition) is 5. The van der Waals surface area contributed by atoms with E-state index in [9.17, 15) is 0 Å². The Balaban J connectivity index is 1.97. The Morgan fingerprint density at radius 2 is 2.00 bits per heavy atom. The van der Waals surface area contributed by atoms with E-state index in [1.54, 1.807) is 0 Å². The first-order chi connectivity index (χ1) is 8.38. The fourth-order valence-corrected chi connectivity index (χ4v) is 1.69. The van der Waals surface area contributed by atoms with Crippen LogP contribution in [0.25, 0.3) is 0 Å². The van der Waals surface area contributed by atoms with Crippen molar-refractivity contribution >= 4 is 0 Å². The second-order valence-corrected chi connectivity index (χ2v) is 3.81. The fourth-order valence-electron chi connectivity index (χ4n) is 1.69. The van der Waals surface area contributed by atoms with Gasteiger partial charge >= 0.3 is 0 Å². The molecule has 1 aromatic heterocycles. The molecule has 6 nitrogen and oxygen atoms in total. The Hall–Kier alpha value is -1.79. The largest absolute Gasteiger partial charge is 0.329 e. The lowest BCUT2D eigenvalue weighted by Crippen LogP contribution is -2.29. The number of rotatable bonds is 6. The lowest BCUT2D eigenvalue weighted by atomic mass is 10.2. The molecule has 0 bridgehead atoms. The van der Waals surface area contributed by atoms with Crippen molar-refractivity contribution in [1.29, 1.82) is 0 Å². The molecule has 0 saturated heterocycles. The second-order valence-electron chi connectivity index (χ2n) is 3.81. The van der Waals surface area contributed by atoms with E-state index in [0.717, 1.165) is 13.1 Å². The van der Waals surface area contributed by atoms with Crippen LogP contribution in [0.3, 0.4) is 0 Å². The zero-order valence-corrected chi connectivity index (χ0v) is 9.58. The molecule has 0 spiro atoms. The highest BCUT2D eigenvalue weighted by atomic mass is 15.5. The molecule has 0 amide bonds. The molecule has 2 rings (SSSR count). The number of nitrogens with zero attached hydrogens (tertiary/aromatic N) is 4. The monoisotopic (exact) mass is 232 g/mol. The van der Waals surface area contributed by atoms with Gasteiger partial charge in [0.15, 0.2) is 5.82 Å². The van der Waals surface area contributed by atoms with Gasteiger partial charge in [-0.25, -0.2) is 0 Å². The fraction of sp³-hybridized carbons (Fsp3) is 0.364. The van der Waals surface area contributed by atoms with Gasteiger partial charge in [-0.3, -0.25) is 4.90 Å². The van der Waals surface area contributed by atoms with Gasteiger partial charge in [0.25, 0.3) is 0 Å². The van der Waals surface area contributed by atoms with Gasteiger partial charge in [0.1, 0.15) is 0 Å². The maximum absolute atomic E-state index is 5.61. The van der Waals surface area contributed by atoms with E-state index in [-0.39, 0.29) is 0 Å². The predicted octanol–water partition coefficient (Wildman–Crippen LogP) is 0.161. The SMILES string of the molecule is NCCN(Cc1ccccc1)Cc1nn[nH]n1. The molecule has 1 heterocycles. The van der Waals surface area contributed by atoms with E-state index >= 15 is 0 Å². The third kappa shape index (κ3) is 3.61. The molecular formula is C11H16N6. The number of nitrogens with one attached hydrogen (secondary N) is 1. The molecule has 6 heteroatoms. The molecule has 0 unspecified atom stereocenters. The molecular weight excluding hydrogens is 216 g/mol. The second kappa shape index (κ2) is 6.07. The lowest BCUT2D eigenvalue weighted by molar-refractivity contribution is 0.258. The van der Waals surface area contributed by atoms with Crippen molar-refractivity contribution in [3.8, 4) is 0 Å². The highest BCUT2D eigenvalue weighted by molar-refractivity contribution is 5.14. The van der Waals surface area contributed by atoms with E-state index < -0.39 is 0 Å². The minimum Gasteiger partial charge on any atom is -0.329 e. The molecule has 0 aliphatic carbocycles. The van der Waals surface area contributed by atoms with E-state index in [4.69, 9.17) is 5.73 Å². The van der Waals surface area contributed by atoms with Crippen molar-refractivity contribution in [1.82, 2.24) is 25.5 Å². The molecule has 0 aliphatic heterocycles. The molecule has 17 heavy (non-hydrogen) atoms. The molecule has 90 valence electrons. The molecule has 0 saturated carbocycles. The molecule has 0 fully saturated rings. The van der Waals surface area contributed by atoms with Crippen molar-refractivity contribution in [2.75, 3.05) is 13.1 Å². The number of tetrazole rings is 1. The van der Waals surface area contributed by atoms with Crippen LogP contribution in [0.2, 0.25) is 0 Å². The van der Waals surface area contributed by atoms with Crippen molar-refractivity contribution < 1.29 is 0 Å². The quantitative estimate of drug-likeness (QED) is 0.741. The number of nitrogens with two attached hydrogens (primary N) is 1. The third-order valence-electron chi connectivity index (χ3n) is 2.45. The highest BCUT2D eigenvalue weighted by Gasteiger charge is 2.08. The van der Waals surface area contributed by atoms with E-state index in [1.807, 2.05) is 18.2 Å². The van der Waals surface area contributed by atoms with Crippen LogP contribution in [0.5, 0.6) is 0 Å². The van der Waals surface area contributed by atoms with Crippen LogP contribution < -0.4 is 5.73 Å². The van der Waals surface area contributed by atoms with E-state index in [0.29, 0.717) is 18.9 Å². The third-order valence-corrected chi connectivity index (χ3v) is 2.45. The van der Waals surface area contributed by atoms with Crippen LogP contribution in [0, 0.1) is 0 Å². The van der Waals surface area contributed by atoms with Crippen LogP contribution in [0.4, 0.5) is 0 Å². The standard InChI is InChI=1S/C11H16N6/c12-6-7-17(9-11-13-15-16-14-11)8-10-4-2-1-3-5-10/h1-5H,6-9,12H2,(H,13,14,15,16). The van der Waals surface area contributed by atoms with Gasteiger partial charge in [0, 0.05) is 19.6 Å². The van der Waals surface area contributed by atoms with Crippen LogP contribution in [-0.4, -0.2) is 38.6 Å². The van der Waals surface area contributed by atoms with Gasteiger partial charge in [-0.05, 0) is 5.56 Å². The van der Waals surface area contributed by atoms with Crippen LogP contribution >= 0.6 is 0 Å². The maximum Gasteiger partial charge on any atom is 0.188 e. The predicted molar refractivity (Wildman–Crippen MR) is 63.8 cm³/mol. The molecule has 3 N–H and O–H groups in total. The van der Waals surface area contributed by atoms with Crippen molar-refractivity contribution in [2.45, 2.75) is 13.1 Å². The smallest absolute Gasteiger partial charge is 0.188 e. The molecule has 0 atom stereocenters. The summed E-state index contributed by atoms with van der Waals surface area (Å²) in [4.78, 5) is 2.19. The number of aromatic nitrogens is 4. The normalized spacial score (nSPS) is 10.9. The number of H-pyrrole nitrogens is 1. The highest BCUT2D eigenvalue weighted by Crippen LogP contribution is 2.06. The van der Waals surface area contributed by atoms with Gasteiger partial charge in [0.2, 0.25) is 0 Å². The first-order valence-electron chi connectivity index (χ1n) is 5.57. The topological polar surface area (TPSA) is 83.7 Å². The van der Waals surface area contributed by atoms with Crippen molar-refractivity contribution in [3.05, 3.63) is 41.7 Å². The summed E-state index contributed by atoms with van der Waals surface area (Å²) in [5.41, 5.74) is 6.86. The summed E-state index contributed by atoms with van der Waals surface area (Å²) in [5.74, 6) is 0.689. The zero-order chi connectivity index (χ0) is 11.9. The van der Waals surface area contributed by atoms with Crippen molar-refractivity contribution in [2.24, 2.45) is 5.73 Å². The van der Waals surface area contributed by atoms with Gasteiger partial charge in [-0.2, -0.15) is 5.21 Å². The summed E-state index contributed by atoms with van der Waals surface area (Å²) >= 11 is 0. The van der Waals surface area contributed by atoms with Gasteiger partial charge in [0.05, 0.1) is 6.54 Å². The van der Waals surface area contributed by atoms with Gasteiger partial charge < -0.3 is 5.73 Å². The van der Waals surface area contributed by atoms with Gasteiger partial charge in [-0.1, -0.05) is 35.5 Å².